The SMILES string of the molecule is BrCc1ccc(-c2c(-c3nnnn3C(c3ccccc3)(c3ccccc3)c3ccccc3)sc3ccccc23)cc1. The number of halogens is 1. The lowest BCUT2D eigenvalue weighted by atomic mass is 9.77. The number of hydrogen-bond donors (Lipinski definition) is 0. The summed E-state index contributed by atoms with van der Waals surface area (Å²) in [6, 6.07) is 48.9. The minimum atomic E-state index is -0.810. The standard InChI is InChI=1S/C35H25BrN4S/c36-24-25-20-22-26(23-21-25)32-30-18-10-11-19-31(30)41-33(32)34-37-38-39-40(34)35(27-12-4-1-5-13-27,28-14-6-2-7-15-28)29-16-8-3-9-17-29/h1-23H,24H2. The number of thiophene rings is 1. The van der Waals surface area contributed by atoms with Gasteiger partial charge in [-0.1, -0.05) is 149 Å². The fourth-order valence-electron chi connectivity index (χ4n) is 5.71. The average molecular weight is 614 g/mol. The molecule has 2 heterocycles. The Labute approximate surface area is 251 Å². The smallest absolute Gasteiger partial charge is 0.194 e. The van der Waals surface area contributed by atoms with Gasteiger partial charge >= 0.3 is 0 Å². The average Bonchev–Trinajstić information content (AvgIpc) is 3.69. The Morgan fingerprint density at radius 3 is 1.73 bits per heavy atom. The molecule has 0 aliphatic heterocycles. The van der Waals surface area contributed by atoms with Gasteiger partial charge in [0.05, 0.1) is 4.88 Å². The van der Waals surface area contributed by atoms with Crippen molar-refractivity contribution >= 4 is 37.4 Å². The van der Waals surface area contributed by atoms with Crippen LogP contribution in [0.15, 0.2) is 140 Å². The predicted molar refractivity (Wildman–Crippen MR) is 171 cm³/mol. The van der Waals surface area contributed by atoms with Crippen molar-refractivity contribution in [2.24, 2.45) is 0 Å². The van der Waals surface area contributed by atoms with E-state index in [1.165, 1.54) is 15.6 Å². The van der Waals surface area contributed by atoms with E-state index in [1.54, 1.807) is 11.3 Å². The molecule has 0 aliphatic carbocycles. The van der Waals surface area contributed by atoms with Gasteiger partial charge in [0.25, 0.3) is 0 Å². The molecule has 0 spiro atoms. The molecule has 0 bridgehead atoms. The van der Waals surface area contributed by atoms with Gasteiger partial charge in [-0.15, -0.1) is 16.4 Å². The molecule has 0 aliphatic rings. The van der Waals surface area contributed by atoms with Crippen molar-refractivity contribution in [3.8, 4) is 21.8 Å². The Bertz CT molecular complexity index is 1820. The van der Waals surface area contributed by atoms with Crippen LogP contribution in [0.25, 0.3) is 31.9 Å². The molecule has 2 aromatic heterocycles. The first-order valence-electron chi connectivity index (χ1n) is 13.4. The maximum absolute atomic E-state index is 4.78. The number of tetrazole rings is 1. The second-order valence-corrected chi connectivity index (χ2v) is 11.5. The van der Waals surface area contributed by atoms with Crippen molar-refractivity contribution in [2.45, 2.75) is 10.9 Å². The molecule has 41 heavy (non-hydrogen) atoms. The number of rotatable bonds is 7. The fraction of sp³-hybridized carbons (Fsp3) is 0.0571. The highest BCUT2D eigenvalue weighted by Gasteiger charge is 2.42. The van der Waals surface area contributed by atoms with E-state index in [2.05, 4.69) is 142 Å². The Morgan fingerprint density at radius 2 is 1.17 bits per heavy atom. The summed E-state index contributed by atoms with van der Waals surface area (Å²) in [5.41, 5.74) is 5.94. The Balaban J connectivity index is 1.57. The van der Waals surface area contributed by atoms with Gasteiger partial charge in [0.2, 0.25) is 0 Å². The third-order valence-electron chi connectivity index (χ3n) is 7.56. The number of nitrogens with zero attached hydrogens (tertiary/aromatic N) is 4. The summed E-state index contributed by atoms with van der Waals surface area (Å²) in [5, 5.41) is 15.9. The topological polar surface area (TPSA) is 43.6 Å². The largest absolute Gasteiger partial charge is 0.205 e. The zero-order valence-electron chi connectivity index (χ0n) is 22.1. The van der Waals surface area contributed by atoms with Gasteiger partial charge in [-0.25, -0.2) is 4.68 Å². The zero-order chi connectivity index (χ0) is 27.6. The summed E-state index contributed by atoms with van der Waals surface area (Å²) >= 11 is 5.32. The van der Waals surface area contributed by atoms with Crippen LogP contribution in [0.4, 0.5) is 0 Å². The van der Waals surface area contributed by atoms with Crippen molar-refractivity contribution in [1.29, 1.82) is 0 Å². The molecule has 7 rings (SSSR count). The second-order valence-electron chi connectivity index (χ2n) is 9.86. The van der Waals surface area contributed by atoms with Crippen molar-refractivity contribution in [2.75, 3.05) is 0 Å². The van der Waals surface area contributed by atoms with Gasteiger partial charge in [-0.2, -0.15) is 0 Å². The molecule has 0 N–H and O–H groups in total. The first kappa shape index (κ1) is 25.6. The van der Waals surface area contributed by atoms with Gasteiger partial charge in [0.15, 0.2) is 5.82 Å². The van der Waals surface area contributed by atoms with Crippen LogP contribution < -0.4 is 0 Å². The van der Waals surface area contributed by atoms with Crippen molar-refractivity contribution < 1.29 is 0 Å². The van der Waals surface area contributed by atoms with E-state index in [0.717, 1.165) is 43.8 Å². The van der Waals surface area contributed by atoms with Gasteiger partial charge < -0.3 is 0 Å². The number of aromatic nitrogens is 4. The molecule has 6 heteroatoms. The highest BCUT2D eigenvalue weighted by atomic mass is 79.9. The minimum Gasteiger partial charge on any atom is -0.205 e. The van der Waals surface area contributed by atoms with Crippen LogP contribution in [0.5, 0.6) is 0 Å². The van der Waals surface area contributed by atoms with Crippen LogP contribution in [0, 0.1) is 0 Å². The van der Waals surface area contributed by atoms with Crippen molar-refractivity contribution in [1.82, 2.24) is 20.2 Å². The molecule has 4 nitrogen and oxygen atoms in total. The molecule has 0 radical (unpaired) electrons. The Morgan fingerprint density at radius 1 is 0.634 bits per heavy atom. The lowest BCUT2D eigenvalue weighted by Gasteiger charge is -2.36. The summed E-state index contributed by atoms with van der Waals surface area (Å²) in [6.07, 6.45) is 0. The highest BCUT2D eigenvalue weighted by Crippen LogP contribution is 2.47. The van der Waals surface area contributed by atoms with E-state index in [9.17, 15) is 0 Å². The molecular formula is C35H25BrN4S. The Hall–Kier alpha value is -4.39. The van der Waals surface area contributed by atoms with Crippen LogP contribution in [-0.4, -0.2) is 20.2 Å². The van der Waals surface area contributed by atoms with Crippen LogP contribution in [-0.2, 0) is 10.9 Å². The third-order valence-corrected chi connectivity index (χ3v) is 9.37. The molecule has 5 aromatic carbocycles. The molecule has 0 amide bonds. The quantitative estimate of drug-likeness (QED) is 0.133. The fourth-order valence-corrected chi connectivity index (χ4v) is 7.28. The van der Waals surface area contributed by atoms with Gasteiger partial charge in [-0.3, -0.25) is 0 Å². The minimum absolute atomic E-state index is 0.724. The molecule has 198 valence electrons. The molecule has 0 saturated heterocycles. The molecule has 0 unspecified atom stereocenters. The number of hydrogen-bond acceptors (Lipinski definition) is 4. The van der Waals surface area contributed by atoms with Crippen LogP contribution >= 0.6 is 27.3 Å². The number of benzene rings is 5. The highest BCUT2D eigenvalue weighted by molar-refractivity contribution is 9.08. The first-order valence-corrected chi connectivity index (χ1v) is 15.4. The normalized spacial score (nSPS) is 11.6. The predicted octanol–water partition coefficient (Wildman–Crippen LogP) is 8.96. The second kappa shape index (κ2) is 10.9. The lowest BCUT2D eigenvalue weighted by Crippen LogP contribution is -2.39. The molecule has 0 saturated carbocycles. The molecule has 7 aromatic rings. The molecule has 0 atom stereocenters. The summed E-state index contributed by atoms with van der Waals surface area (Å²) in [7, 11) is 0. The Kier molecular flexibility index (Phi) is 6.79. The number of alkyl halides is 1. The zero-order valence-corrected chi connectivity index (χ0v) is 24.5. The van der Waals surface area contributed by atoms with Crippen molar-refractivity contribution in [3.05, 3.63) is 162 Å². The number of fused-ring (bicyclic) bond motifs is 1. The third kappa shape index (κ3) is 4.31. The van der Waals surface area contributed by atoms with E-state index >= 15 is 0 Å². The summed E-state index contributed by atoms with van der Waals surface area (Å²) in [4.78, 5) is 1.04. The monoisotopic (exact) mass is 612 g/mol. The first-order chi connectivity index (χ1) is 20.3. The maximum atomic E-state index is 4.78. The van der Waals surface area contributed by atoms with Crippen LogP contribution in [0.3, 0.4) is 0 Å². The van der Waals surface area contributed by atoms with Crippen molar-refractivity contribution in [3.63, 3.8) is 0 Å². The van der Waals surface area contributed by atoms with Crippen LogP contribution in [0.2, 0.25) is 0 Å². The lowest BCUT2D eigenvalue weighted by molar-refractivity contribution is 0.451. The van der Waals surface area contributed by atoms with Crippen LogP contribution in [0.1, 0.15) is 22.3 Å². The van der Waals surface area contributed by atoms with E-state index in [4.69, 9.17) is 10.3 Å². The van der Waals surface area contributed by atoms with E-state index in [-0.39, 0.29) is 0 Å². The summed E-state index contributed by atoms with van der Waals surface area (Å²) < 4.78 is 3.22. The summed E-state index contributed by atoms with van der Waals surface area (Å²) in [6.45, 7) is 0. The molecule has 0 fully saturated rings. The maximum Gasteiger partial charge on any atom is 0.194 e. The summed E-state index contributed by atoms with van der Waals surface area (Å²) in [5.74, 6) is 0.724. The van der Waals surface area contributed by atoms with E-state index in [1.807, 2.05) is 22.9 Å². The van der Waals surface area contributed by atoms with Gasteiger partial charge in [0.1, 0.15) is 5.54 Å². The van der Waals surface area contributed by atoms with Gasteiger partial charge in [0, 0.05) is 21.0 Å². The van der Waals surface area contributed by atoms with E-state index < -0.39 is 5.54 Å². The van der Waals surface area contributed by atoms with E-state index in [0.29, 0.717) is 0 Å². The van der Waals surface area contributed by atoms with Gasteiger partial charge in [-0.05, 0) is 44.3 Å². The molecular weight excluding hydrogens is 588 g/mol.